The summed E-state index contributed by atoms with van der Waals surface area (Å²) < 4.78 is 1.51. The lowest BCUT2D eigenvalue weighted by molar-refractivity contribution is 0.0843. The summed E-state index contributed by atoms with van der Waals surface area (Å²) in [5.74, 6) is 0.327. The average Bonchev–Trinajstić information content (AvgIpc) is 3.05. The van der Waals surface area contributed by atoms with Crippen molar-refractivity contribution >= 4 is 17.5 Å². The molecule has 4 rings (SSSR count). The van der Waals surface area contributed by atoms with Crippen molar-refractivity contribution in [1.29, 1.82) is 0 Å². The molecule has 0 spiro atoms. The SMILES string of the molecule is Cn1ncc(C(=O)NC23CCC(C4=C2NCC=C4)C3(C)C)c1Cl. The minimum absolute atomic E-state index is 0.0241. The third-order valence-corrected chi connectivity index (χ3v) is 6.45. The zero-order valence-corrected chi connectivity index (χ0v) is 14.4. The van der Waals surface area contributed by atoms with Gasteiger partial charge in [-0.25, -0.2) is 0 Å². The second-order valence-electron chi connectivity index (χ2n) is 7.26. The van der Waals surface area contributed by atoms with Crippen LogP contribution in [0.1, 0.15) is 37.0 Å². The molecular formula is C17H21ClN4O. The van der Waals surface area contributed by atoms with E-state index in [2.05, 4.69) is 41.7 Å². The van der Waals surface area contributed by atoms with E-state index in [9.17, 15) is 4.79 Å². The smallest absolute Gasteiger partial charge is 0.256 e. The van der Waals surface area contributed by atoms with E-state index in [0.717, 1.165) is 19.4 Å². The molecule has 2 unspecified atom stereocenters. The number of rotatable bonds is 2. The molecule has 2 bridgehead atoms. The number of nitrogens with zero attached hydrogens (tertiary/aromatic N) is 2. The first-order valence-corrected chi connectivity index (χ1v) is 8.41. The van der Waals surface area contributed by atoms with E-state index in [0.29, 0.717) is 16.6 Å². The number of dihydropyridines is 1. The summed E-state index contributed by atoms with van der Waals surface area (Å²) in [7, 11) is 1.73. The van der Waals surface area contributed by atoms with Gasteiger partial charge >= 0.3 is 0 Å². The number of allylic oxidation sites excluding steroid dienone is 2. The molecule has 0 radical (unpaired) electrons. The molecule has 122 valence electrons. The Labute approximate surface area is 140 Å². The fourth-order valence-corrected chi connectivity index (χ4v) is 4.85. The highest BCUT2D eigenvalue weighted by molar-refractivity contribution is 6.32. The van der Waals surface area contributed by atoms with Gasteiger partial charge in [-0.1, -0.05) is 37.6 Å². The molecule has 23 heavy (non-hydrogen) atoms. The van der Waals surface area contributed by atoms with Crippen molar-refractivity contribution in [2.75, 3.05) is 6.54 Å². The fraction of sp³-hybridized carbons (Fsp3) is 0.529. The van der Waals surface area contributed by atoms with Crippen LogP contribution in [-0.4, -0.2) is 27.8 Å². The first-order valence-electron chi connectivity index (χ1n) is 8.03. The number of halogens is 1. The Morgan fingerprint density at radius 3 is 3.00 bits per heavy atom. The lowest BCUT2D eigenvalue weighted by Crippen LogP contribution is -2.57. The van der Waals surface area contributed by atoms with E-state index in [4.69, 9.17) is 11.6 Å². The number of hydrogen-bond acceptors (Lipinski definition) is 3. The fourth-order valence-electron chi connectivity index (χ4n) is 4.67. The summed E-state index contributed by atoms with van der Waals surface area (Å²) in [5, 5.41) is 11.3. The van der Waals surface area contributed by atoms with Gasteiger partial charge in [-0.3, -0.25) is 9.48 Å². The quantitative estimate of drug-likeness (QED) is 0.874. The van der Waals surface area contributed by atoms with Gasteiger partial charge in [0.15, 0.2) is 0 Å². The van der Waals surface area contributed by atoms with Crippen molar-refractivity contribution in [3.8, 4) is 0 Å². The minimum atomic E-state index is -0.353. The molecule has 2 atom stereocenters. The van der Waals surface area contributed by atoms with Crippen LogP contribution >= 0.6 is 11.6 Å². The van der Waals surface area contributed by atoms with Crippen LogP contribution in [-0.2, 0) is 7.05 Å². The van der Waals surface area contributed by atoms with Crippen LogP contribution in [0.3, 0.4) is 0 Å². The third kappa shape index (κ3) is 1.74. The molecule has 2 heterocycles. The second kappa shape index (κ2) is 4.63. The van der Waals surface area contributed by atoms with Crippen LogP contribution in [0.2, 0.25) is 5.15 Å². The van der Waals surface area contributed by atoms with Gasteiger partial charge in [0, 0.05) is 24.7 Å². The maximum Gasteiger partial charge on any atom is 0.256 e. The molecule has 1 aliphatic heterocycles. The second-order valence-corrected chi connectivity index (χ2v) is 7.62. The number of carbonyl (C=O) groups excluding carboxylic acids is 1. The van der Waals surface area contributed by atoms with Crippen LogP contribution in [0.5, 0.6) is 0 Å². The van der Waals surface area contributed by atoms with E-state index in [1.807, 2.05) is 0 Å². The van der Waals surface area contributed by atoms with Crippen molar-refractivity contribution in [3.63, 3.8) is 0 Å². The van der Waals surface area contributed by atoms with Gasteiger partial charge in [-0.15, -0.1) is 0 Å². The molecule has 0 saturated heterocycles. The van der Waals surface area contributed by atoms with Crippen molar-refractivity contribution in [2.45, 2.75) is 32.2 Å². The predicted molar refractivity (Wildman–Crippen MR) is 89.1 cm³/mol. The molecule has 1 fully saturated rings. The number of hydrogen-bond donors (Lipinski definition) is 2. The Morgan fingerprint density at radius 2 is 2.30 bits per heavy atom. The monoisotopic (exact) mass is 332 g/mol. The van der Waals surface area contributed by atoms with E-state index in [1.165, 1.54) is 22.1 Å². The Morgan fingerprint density at radius 1 is 1.52 bits per heavy atom. The number of amides is 1. The molecule has 1 aromatic heterocycles. The Kier molecular flexibility index (Phi) is 2.98. The number of fused-ring (bicyclic) bond motifs is 4. The highest BCUT2D eigenvalue weighted by Crippen LogP contribution is 2.62. The van der Waals surface area contributed by atoms with Gasteiger partial charge in [-0.05, 0) is 24.3 Å². The maximum absolute atomic E-state index is 12.9. The van der Waals surface area contributed by atoms with Gasteiger partial charge in [0.05, 0.1) is 17.3 Å². The minimum Gasteiger partial charge on any atom is -0.383 e. The van der Waals surface area contributed by atoms with E-state index in [-0.39, 0.29) is 16.9 Å². The molecule has 1 aromatic rings. The number of nitrogens with one attached hydrogen (secondary N) is 2. The van der Waals surface area contributed by atoms with Gasteiger partial charge in [0.25, 0.3) is 5.91 Å². The van der Waals surface area contributed by atoms with E-state index in [1.54, 1.807) is 7.05 Å². The summed E-state index contributed by atoms with van der Waals surface area (Å²) in [6.07, 6.45) is 7.96. The topological polar surface area (TPSA) is 59.0 Å². The van der Waals surface area contributed by atoms with Gasteiger partial charge in [-0.2, -0.15) is 5.10 Å². The third-order valence-electron chi connectivity index (χ3n) is 6.00. The molecule has 1 amide bonds. The summed E-state index contributed by atoms with van der Waals surface area (Å²) in [6.45, 7) is 5.32. The highest BCUT2D eigenvalue weighted by atomic mass is 35.5. The molecule has 5 nitrogen and oxygen atoms in total. The van der Waals surface area contributed by atoms with Crippen LogP contribution in [0.4, 0.5) is 0 Å². The maximum atomic E-state index is 12.9. The highest BCUT2D eigenvalue weighted by Gasteiger charge is 2.64. The first kappa shape index (κ1) is 14.8. The standard InChI is InChI=1S/C17H21ClN4O/c1-16(2)12-6-7-17(16,13-10(12)5-4-8-19-13)21-15(23)11-9-20-22(3)14(11)18/h4-5,9,12,19H,6-8H2,1-3H3,(H,21,23). The number of aromatic nitrogens is 2. The number of carbonyl (C=O) groups is 1. The molecule has 6 heteroatoms. The number of aryl methyl sites for hydroxylation is 1. The molecule has 2 aliphatic carbocycles. The van der Waals surface area contributed by atoms with Crippen molar-refractivity contribution in [1.82, 2.24) is 20.4 Å². The average molecular weight is 333 g/mol. The summed E-state index contributed by atoms with van der Waals surface area (Å²) in [5.41, 5.74) is 2.60. The molecule has 0 aromatic carbocycles. The predicted octanol–water partition coefficient (Wildman–Crippen LogP) is 2.41. The Balaban J connectivity index is 1.74. The zero-order valence-electron chi connectivity index (χ0n) is 13.6. The van der Waals surface area contributed by atoms with Crippen LogP contribution in [0.15, 0.2) is 29.6 Å². The molecule has 2 N–H and O–H groups in total. The summed E-state index contributed by atoms with van der Waals surface area (Å²) >= 11 is 6.20. The van der Waals surface area contributed by atoms with Crippen LogP contribution < -0.4 is 10.6 Å². The Hall–Kier alpha value is -1.75. The van der Waals surface area contributed by atoms with Gasteiger partial charge in [0.1, 0.15) is 5.15 Å². The normalized spacial score (nSPS) is 30.3. The lowest BCUT2D eigenvalue weighted by Gasteiger charge is -2.41. The molecular weight excluding hydrogens is 312 g/mol. The van der Waals surface area contributed by atoms with Crippen LogP contribution in [0.25, 0.3) is 0 Å². The van der Waals surface area contributed by atoms with Gasteiger partial charge in [0.2, 0.25) is 0 Å². The van der Waals surface area contributed by atoms with Crippen LogP contribution in [0, 0.1) is 11.3 Å². The largest absolute Gasteiger partial charge is 0.383 e. The Bertz CT molecular complexity index is 761. The summed E-state index contributed by atoms with van der Waals surface area (Å²) in [6, 6.07) is 0. The molecule has 3 aliphatic rings. The first-order chi connectivity index (χ1) is 10.9. The van der Waals surface area contributed by atoms with Crippen molar-refractivity contribution in [3.05, 3.63) is 40.3 Å². The summed E-state index contributed by atoms with van der Waals surface area (Å²) in [4.78, 5) is 12.9. The van der Waals surface area contributed by atoms with Crippen molar-refractivity contribution in [2.24, 2.45) is 18.4 Å². The zero-order chi connectivity index (χ0) is 16.4. The molecule has 1 saturated carbocycles. The lowest BCUT2D eigenvalue weighted by atomic mass is 9.74. The van der Waals surface area contributed by atoms with Gasteiger partial charge < -0.3 is 10.6 Å². The van der Waals surface area contributed by atoms with E-state index < -0.39 is 0 Å². The van der Waals surface area contributed by atoms with Crippen molar-refractivity contribution < 1.29 is 4.79 Å². The van der Waals surface area contributed by atoms with E-state index >= 15 is 0 Å².